The molecule has 0 amide bonds. The second kappa shape index (κ2) is 6.18. The monoisotopic (exact) mass is 326 g/mol. The minimum Gasteiger partial charge on any atom is -0.329 e. The maximum atomic E-state index is 11.9. The van der Waals surface area contributed by atoms with Crippen molar-refractivity contribution in [3.63, 3.8) is 0 Å². The lowest BCUT2D eigenvalue weighted by molar-refractivity contribution is 0.584. The second-order valence-electron chi connectivity index (χ2n) is 3.43. The van der Waals surface area contributed by atoms with E-state index in [-0.39, 0.29) is 29.7 Å². The van der Waals surface area contributed by atoms with Crippen LogP contribution < -0.4 is 10.5 Å². The zero-order valence-corrected chi connectivity index (χ0v) is 12.4. The molecule has 2 aromatic rings. The van der Waals surface area contributed by atoms with Gasteiger partial charge in [-0.2, -0.15) is 0 Å². The Kier molecular flexibility index (Phi) is 5.39. The van der Waals surface area contributed by atoms with E-state index in [1.807, 2.05) is 6.07 Å². The molecule has 0 radical (unpaired) electrons. The number of hydrogen-bond acceptors (Lipinski definition) is 4. The number of nitrogens with two attached hydrogens (primary N) is 1. The number of nitrogens with one attached hydrogen (secondary N) is 1. The largest absolute Gasteiger partial charge is 0.329 e. The molecule has 0 atom stereocenters. The van der Waals surface area contributed by atoms with E-state index in [2.05, 4.69) is 4.72 Å². The van der Waals surface area contributed by atoms with Crippen LogP contribution in [0.2, 0.25) is 5.02 Å². The normalized spacial score (nSPS) is 11.4. The molecule has 0 aliphatic heterocycles. The lowest BCUT2D eigenvalue weighted by Gasteiger charge is -2.01. The van der Waals surface area contributed by atoms with E-state index in [0.717, 1.165) is 10.1 Å². The molecular weight excluding hydrogens is 315 g/mol. The summed E-state index contributed by atoms with van der Waals surface area (Å²) in [5, 5.41) is 1.42. The molecule has 8 heteroatoms. The number of thiophene rings is 1. The van der Waals surface area contributed by atoms with Gasteiger partial charge in [-0.3, -0.25) is 0 Å². The summed E-state index contributed by atoms with van der Waals surface area (Å²) in [6, 6.07) is 6.91. The van der Waals surface area contributed by atoms with Gasteiger partial charge in [0.15, 0.2) is 0 Å². The molecule has 4 nitrogen and oxygen atoms in total. The second-order valence-corrected chi connectivity index (χ2v) is 6.95. The van der Waals surface area contributed by atoms with E-state index in [4.69, 9.17) is 17.3 Å². The van der Waals surface area contributed by atoms with Gasteiger partial charge in [0.25, 0.3) is 0 Å². The lowest BCUT2D eigenvalue weighted by atomic mass is 10.3. The minimum absolute atomic E-state index is 0. The molecule has 0 bridgehead atoms. The summed E-state index contributed by atoms with van der Waals surface area (Å²) >= 11 is 7.06. The van der Waals surface area contributed by atoms with Crippen molar-refractivity contribution < 1.29 is 8.42 Å². The Bertz CT molecular complexity index is 640. The van der Waals surface area contributed by atoms with Crippen LogP contribution in [-0.2, 0) is 10.0 Å². The van der Waals surface area contributed by atoms with Gasteiger partial charge in [-0.15, -0.1) is 23.7 Å². The molecule has 100 valence electrons. The van der Waals surface area contributed by atoms with Gasteiger partial charge in [0.05, 0.1) is 0 Å². The SMILES string of the molecule is Cl.NCCNS(=O)(=O)c1cc2cc(Cl)ccc2s1. The highest BCUT2D eigenvalue weighted by Crippen LogP contribution is 2.30. The maximum absolute atomic E-state index is 11.9. The zero-order valence-electron chi connectivity index (χ0n) is 9.22. The van der Waals surface area contributed by atoms with Crippen LogP contribution in [0, 0.1) is 0 Å². The maximum Gasteiger partial charge on any atom is 0.250 e. The highest BCUT2D eigenvalue weighted by Gasteiger charge is 2.16. The first-order chi connectivity index (χ1) is 8.03. The van der Waals surface area contributed by atoms with Gasteiger partial charge in [0.1, 0.15) is 4.21 Å². The third-order valence-electron chi connectivity index (χ3n) is 2.16. The predicted octanol–water partition coefficient (Wildman–Crippen LogP) is 2.21. The summed E-state index contributed by atoms with van der Waals surface area (Å²) in [6.07, 6.45) is 0. The van der Waals surface area contributed by atoms with Gasteiger partial charge in [-0.05, 0) is 29.7 Å². The Morgan fingerprint density at radius 3 is 2.72 bits per heavy atom. The Morgan fingerprint density at radius 1 is 1.33 bits per heavy atom. The molecule has 0 aliphatic rings. The van der Waals surface area contributed by atoms with Gasteiger partial charge >= 0.3 is 0 Å². The van der Waals surface area contributed by atoms with E-state index in [0.29, 0.717) is 5.02 Å². The molecule has 18 heavy (non-hydrogen) atoms. The topological polar surface area (TPSA) is 72.2 Å². The standard InChI is InChI=1S/C10H11ClN2O2S2.ClH/c11-8-1-2-9-7(5-8)6-10(16-9)17(14,15)13-4-3-12;/h1-2,5-6,13H,3-4,12H2;1H. The van der Waals surface area contributed by atoms with Gasteiger partial charge in [-0.1, -0.05) is 11.6 Å². The first-order valence-electron chi connectivity index (χ1n) is 4.92. The van der Waals surface area contributed by atoms with Crippen molar-refractivity contribution in [3.8, 4) is 0 Å². The number of benzene rings is 1. The fraction of sp³-hybridized carbons (Fsp3) is 0.200. The lowest BCUT2D eigenvalue weighted by Crippen LogP contribution is -2.28. The fourth-order valence-corrected chi connectivity index (χ4v) is 4.04. The number of halogens is 2. The number of hydrogen-bond donors (Lipinski definition) is 2. The van der Waals surface area contributed by atoms with Crippen LogP contribution in [0.1, 0.15) is 0 Å². The minimum atomic E-state index is -3.45. The van der Waals surface area contributed by atoms with E-state index in [1.165, 1.54) is 11.3 Å². The number of sulfonamides is 1. The Hall–Kier alpha value is -0.370. The average molecular weight is 327 g/mol. The van der Waals surface area contributed by atoms with Gasteiger partial charge < -0.3 is 5.73 Å². The van der Waals surface area contributed by atoms with Gasteiger partial charge in [0.2, 0.25) is 10.0 Å². The summed E-state index contributed by atoms with van der Waals surface area (Å²) in [7, 11) is -3.45. The fourth-order valence-electron chi connectivity index (χ4n) is 1.39. The van der Waals surface area contributed by atoms with Crippen LogP contribution in [-0.4, -0.2) is 21.5 Å². The summed E-state index contributed by atoms with van der Waals surface area (Å²) in [4.78, 5) is 0. The third-order valence-corrected chi connectivity index (χ3v) is 5.44. The molecule has 2 rings (SSSR count). The molecule has 0 spiro atoms. The summed E-state index contributed by atoms with van der Waals surface area (Å²) in [5.41, 5.74) is 5.27. The van der Waals surface area contributed by atoms with Crippen LogP contribution in [0.5, 0.6) is 0 Å². The van der Waals surface area contributed by atoms with Gasteiger partial charge in [-0.25, -0.2) is 13.1 Å². The highest BCUT2D eigenvalue weighted by molar-refractivity contribution is 7.91. The molecule has 1 aromatic carbocycles. The molecule has 3 N–H and O–H groups in total. The van der Waals surface area contributed by atoms with E-state index >= 15 is 0 Å². The number of fused-ring (bicyclic) bond motifs is 1. The molecule has 1 aromatic heterocycles. The molecule has 1 heterocycles. The number of rotatable bonds is 4. The van der Waals surface area contributed by atoms with Crippen molar-refractivity contribution in [2.75, 3.05) is 13.1 Å². The molecule has 0 saturated carbocycles. The Morgan fingerprint density at radius 2 is 2.06 bits per heavy atom. The summed E-state index contributed by atoms with van der Waals surface area (Å²) in [5.74, 6) is 0. The average Bonchev–Trinajstić information content (AvgIpc) is 2.70. The van der Waals surface area contributed by atoms with Crippen molar-refractivity contribution in [2.24, 2.45) is 5.73 Å². The van der Waals surface area contributed by atoms with Crippen LogP contribution in [0.4, 0.5) is 0 Å². The molecule has 0 saturated heterocycles. The van der Waals surface area contributed by atoms with Crippen molar-refractivity contribution >= 4 is 55.5 Å². The van der Waals surface area contributed by atoms with E-state index in [9.17, 15) is 8.42 Å². The smallest absolute Gasteiger partial charge is 0.250 e. The van der Waals surface area contributed by atoms with E-state index < -0.39 is 10.0 Å². The van der Waals surface area contributed by atoms with Crippen molar-refractivity contribution in [3.05, 3.63) is 29.3 Å². The van der Waals surface area contributed by atoms with Crippen LogP contribution >= 0.6 is 35.3 Å². The van der Waals surface area contributed by atoms with Crippen molar-refractivity contribution in [2.45, 2.75) is 4.21 Å². The highest BCUT2D eigenvalue weighted by atomic mass is 35.5. The zero-order chi connectivity index (χ0) is 12.5. The van der Waals surface area contributed by atoms with Crippen LogP contribution in [0.25, 0.3) is 10.1 Å². The Balaban J connectivity index is 0.00000162. The Labute approximate surface area is 121 Å². The van der Waals surface area contributed by atoms with E-state index in [1.54, 1.807) is 18.2 Å². The molecule has 0 unspecified atom stereocenters. The van der Waals surface area contributed by atoms with Crippen LogP contribution in [0.3, 0.4) is 0 Å². The van der Waals surface area contributed by atoms with Gasteiger partial charge in [0, 0.05) is 22.8 Å². The third kappa shape index (κ3) is 3.34. The molecule has 0 aliphatic carbocycles. The first-order valence-corrected chi connectivity index (χ1v) is 7.59. The van der Waals surface area contributed by atoms with Crippen molar-refractivity contribution in [1.29, 1.82) is 0 Å². The molecular formula is C10H12Cl2N2O2S2. The quantitative estimate of drug-likeness (QED) is 0.904. The molecule has 0 fully saturated rings. The van der Waals surface area contributed by atoms with Crippen LogP contribution in [0.15, 0.2) is 28.5 Å². The summed E-state index contributed by atoms with van der Waals surface area (Å²) in [6.45, 7) is 0.507. The van der Waals surface area contributed by atoms with Crippen molar-refractivity contribution in [1.82, 2.24) is 4.72 Å². The predicted molar refractivity (Wildman–Crippen MR) is 78.3 cm³/mol. The first kappa shape index (κ1) is 15.7. The summed E-state index contributed by atoms with van der Waals surface area (Å²) < 4.78 is 27.3.